The predicted molar refractivity (Wildman–Crippen MR) is 82.8 cm³/mol. The summed E-state index contributed by atoms with van der Waals surface area (Å²) in [5.41, 5.74) is 7.88. The van der Waals surface area contributed by atoms with Crippen LogP contribution in [-0.4, -0.2) is 15.9 Å². The fourth-order valence-electron chi connectivity index (χ4n) is 1.87. The SMILES string of the molecule is NC(=O)C[S@](=O)Cc1ccc(-c2ccccc2Cl)cc1. The second-order valence-corrected chi connectivity index (χ2v) is 6.24. The number of hydrogen-bond acceptors (Lipinski definition) is 2. The van der Waals surface area contributed by atoms with E-state index in [9.17, 15) is 9.00 Å². The van der Waals surface area contributed by atoms with Crippen molar-refractivity contribution in [1.29, 1.82) is 0 Å². The summed E-state index contributed by atoms with van der Waals surface area (Å²) in [6, 6.07) is 15.2. The highest BCUT2D eigenvalue weighted by Gasteiger charge is 2.07. The molecule has 20 heavy (non-hydrogen) atoms. The standard InChI is InChI=1S/C15H14ClNO2S/c16-14-4-2-1-3-13(14)12-7-5-11(6-8-12)9-20(19)10-15(17)18/h1-8H,9-10H2,(H2,17,18)/t20-/m1/s1. The van der Waals surface area contributed by atoms with Gasteiger partial charge in [0, 0.05) is 27.1 Å². The van der Waals surface area contributed by atoms with E-state index in [1.54, 1.807) is 0 Å². The van der Waals surface area contributed by atoms with E-state index in [1.807, 2.05) is 48.5 Å². The van der Waals surface area contributed by atoms with E-state index in [-0.39, 0.29) is 5.75 Å². The van der Waals surface area contributed by atoms with Crippen LogP contribution in [0, 0.1) is 0 Å². The van der Waals surface area contributed by atoms with Crippen LogP contribution < -0.4 is 5.73 Å². The number of hydrogen-bond donors (Lipinski definition) is 1. The Labute approximate surface area is 125 Å². The van der Waals surface area contributed by atoms with Crippen molar-refractivity contribution in [2.45, 2.75) is 5.75 Å². The molecule has 0 saturated heterocycles. The van der Waals surface area contributed by atoms with Gasteiger partial charge in [0.1, 0.15) is 5.75 Å². The van der Waals surface area contributed by atoms with Gasteiger partial charge in [0.05, 0.1) is 0 Å². The lowest BCUT2D eigenvalue weighted by molar-refractivity contribution is -0.115. The third kappa shape index (κ3) is 3.92. The van der Waals surface area contributed by atoms with Crippen LogP contribution in [0.1, 0.15) is 5.56 Å². The third-order valence-corrected chi connectivity index (χ3v) is 4.36. The number of halogens is 1. The van der Waals surface area contributed by atoms with Crippen molar-refractivity contribution in [1.82, 2.24) is 0 Å². The van der Waals surface area contributed by atoms with Gasteiger partial charge >= 0.3 is 0 Å². The van der Waals surface area contributed by atoms with Gasteiger partial charge in [-0.3, -0.25) is 9.00 Å². The Bertz CT molecular complexity index is 641. The van der Waals surface area contributed by atoms with Gasteiger partial charge in [0.2, 0.25) is 5.91 Å². The molecule has 1 atom stereocenters. The summed E-state index contributed by atoms with van der Waals surface area (Å²) in [6.07, 6.45) is 0. The van der Waals surface area contributed by atoms with E-state index in [0.717, 1.165) is 16.7 Å². The van der Waals surface area contributed by atoms with Crippen molar-refractivity contribution < 1.29 is 9.00 Å². The van der Waals surface area contributed by atoms with Crippen LogP contribution >= 0.6 is 11.6 Å². The summed E-state index contributed by atoms with van der Waals surface area (Å²) < 4.78 is 11.6. The zero-order valence-electron chi connectivity index (χ0n) is 10.7. The minimum Gasteiger partial charge on any atom is -0.369 e. The average molecular weight is 308 g/mol. The Morgan fingerprint density at radius 1 is 1.10 bits per heavy atom. The molecule has 0 spiro atoms. The first-order chi connectivity index (χ1) is 9.56. The third-order valence-electron chi connectivity index (χ3n) is 2.77. The van der Waals surface area contributed by atoms with Crippen molar-refractivity contribution in [3.63, 3.8) is 0 Å². The van der Waals surface area contributed by atoms with Crippen molar-refractivity contribution >= 4 is 28.3 Å². The maximum Gasteiger partial charge on any atom is 0.230 e. The minimum atomic E-state index is -1.26. The molecule has 0 bridgehead atoms. The van der Waals surface area contributed by atoms with Crippen LogP contribution in [0.15, 0.2) is 48.5 Å². The molecule has 0 unspecified atom stereocenters. The molecule has 2 aromatic carbocycles. The Morgan fingerprint density at radius 3 is 2.35 bits per heavy atom. The normalized spacial score (nSPS) is 12.1. The average Bonchev–Trinajstić information content (AvgIpc) is 2.39. The number of amides is 1. The lowest BCUT2D eigenvalue weighted by Gasteiger charge is -2.06. The number of benzene rings is 2. The molecule has 2 aromatic rings. The second kappa shape index (κ2) is 6.68. The fraction of sp³-hybridized carbons (Fsp3) is 0.133. The number of rotatable bonds is 5. The van der Waals surface area contributed by atoms with Gasteiger partial charge < -0.3 is 5.73 Å². The molecular weight excluding hydrogens is 294 g/mol. The van der Waals surface area contributed by atoms with E-state index in [0.29, 0.717) is 10.8 Å². The van der Waals surface area contributed by atoms with Crippen LogP contribution in [0.2, 0.25) is 5.02 Å². The monoisotopic (exact) mass is 307 g/mol. The molecule has 1 amide bonds. The number of carbonyl (C=O) groups excluding carboxylic acids is 1. The van der Waals surface area contributed by atoms with E-state index < -0.39 is 16.7 Å². The van der Waals surface area contributed by atoms with Gasteiger partial charge in [0.15, 0.2) is 0 Å². The molecule has 104 valence electrons. The van der Waals surface area contributed by atoms with E-state index >= 15 is 0 Å². The molecule has 0 aliphatic rings. The lowest BCUT2D eigenvalue weighted by Crippen LogP contribution is -2.20. The zero-order valence-corrected chi connectivity index (χ0v) is 12.3. The Kier molecular flexibility index (Phi) is 4.93. The highest BCUT2D eigenvalue weighted by Crippen LogP contribution is 2.27. The first kappa shape index (κ1) is 14.8. The molecule has 0 aliphatic carbocycles. The summed E-state index contributed by atoms with van der Waals surface area (Å²) in [7, 11) is -1.26. The molecule has 3 nitrogen and oxygen atoms in total. The Morgan fingerprint density at radius 2 is 1.75 bits per heavy atom. The predicted octanol–water partition coefficient (Wildman–Crippen LogP) is 2.74. The molecule has 2 rings (SSSR count). The molecule has 2 N–H and O–H groups in total. The van der Waals surface area contributed by atoms with Crippen LogP contribution in [0.4, 0.5) is 0 Å². The maximum absolute atomic E-state index is 11.6. The van der Waals surface area contributed by atoms with Gasteiger partial charge in [-0.15, -0.1) is 0 Å². The molecule has 0 aromatic heterocycles. The molecular formula is C15H14ClNO2S. The van der Waals surface area contributed by atoms with E-state index in [4.69, 9.17) is 17.3 Å². The highest BCUT2D eigenvalue weighted by atomic mass is 35.5. The van der Waals surface area contributed by atoms with Crippen molar-refractivity contribution in [2.75, 3.05) is 5.75 Å². The summed E-state index contributed by atoms with van der Waals surface area (Å²) in [6.45, 7) is 0. The van der Waals surface area contributed by atoms with Gasteiger partial charge in [-0.25, -0.2) is 0 Å². The molecule has 0 heterocycles. The second-order valence-electron chi connectivity index (χ2n) is 4.37. The lowest BCUT2D eigenvalue weighted by atomic mass is 10.0. The van der Waals surface area contributed by atoms with Gasteiger partial charge in [-0.2, -0.15) is 0 Å². The van der Waals surface area contributed by atoms with Crippen LogP contribution in [0.25, 0.3) is 11.1 Å². The Hall–Kier alpha value is -1.65. The van der Waals surface area contributed by atoms with Gasteiger partial charge in [0.25, 0.3) is 0 Å². The molecule has 0 aliphatic heterocycles. The number of nitrogens with two attached hydrogens (primary N) is 1. The highest BCUT2D eigenvalue weighted by molar-refractivity contribution is 7.84. The molecule has 5 heteroatoms. The summed E-state index contributed by atoms with van der Waals surface area (Å²) in [5.74, 6) is -0.325. The molecule has 0 saturated carbocycles. The molecule has 0 radical (unpaired) electrons. The van der Waals surface area contributed by atoms with Crippen LogP contribution in [-0.2, 0) is 21.3 Å². The van der Waals surface area contributed by atoms with Crippen molar-refractivity contribution in [3.8, 4) is 11.1 Å². The maximum atomic E-state index is 11.6. The van der Waals surface area contributed by atoms with E-state index in [1.165, 1.54) is 0 Å². The van der Waals surface area contributed by atoms with Crippen molar-refractivity contribution in [2.24, 2.45) is 5.73 Å². The van der Waals surface area contributed by atoms with Crippen molar-refractivity contribution in [3.05, 3.63) is 59.1 Å². The topological polar surface area (TPSA) is 60.2 Å². The van der Waals surface area contributed by atoms with Crippen LogP contribution in [0.3, 0.4) is 0 Å². The number of carbonyl (C=O) groups is 1. The molecule has 0 fully saturated rings. The van der Waals surface area contributed by atoms with Crippen LogP contribution in [0.5, 0.6) is 0 Å². The Balaban J connectivity index is 2.13. The number of primary amides is 1. The minimum absolute atomic E-state index is 0.105. The summed E-state index contributed by atoms with van der Waals surface area (Å²) >= 11 is 6.14. The zero-order chi connectivity index (χ0) is 14.5. The largest absolute Gasteiger partial charge is 0.369 e. The van der Waals surface area contributed by atoms with Gasteiger partial charge in [-0.05, 0) is 17.2 Å². The van der Waals surface area contributed by atoms with Gasteiger partial charge in [-0.1, -0.05) is 54.1 Å². The quantitative estimate of drug-likeness (QED) is 0.923. The first-order valence-electron chi connectivity index (χ1n) is 6.03. The first-order valence-corrected chi connectivity index (χ1v) is 7.90. The summed E-state index contributed by atoms with van der Waals surface area (Å²) in [4.78, 5) is 10.7. The smallest absolute Gasteiger partial charge is 0.230 e. The fourth-order valence-corrected chi connectivity index (χ4v) is 3.10. The summed E-state index contributed by atoms with van der Waals surface area (Å²) in [5, 5.41) is 0.692. The van der Waals surface area contributed by atoms with E-state index in [2.05, 4.69) is 0 Å².